The lowest BCUT2D eigenvalue weighted by atomic mass is 10.0. The van der Waals surface area contributed by atoms with Gasteiger partial charge in [-0.25, -0.2) is 9.67 Å². The molecule has 10 nitrogen and oxygen atoms in total. The van der Waals surface area contributed by atoms with E-state index in [-0.39, 0.29) is 30.7 Å². The number of H-pyrrole nitrogens is 1. The van der Waals surface area contributed by atoms with Crippen LogP contribution in [-0.4, -0.2) is 62.0 Å². The summed E-state index contributed by atoms with van der Waals surface area (Å²) in [6.07, 6.45) is 1.66. The second kappa shape index (κ2) is 11.5. The molecule has 4 heterocycles. The Hall–Kier alpha value is -3.86. The van der Waals surface area contributed by atoms with Crippen LogP contribution in [-0.2, 0) is 24.4 Å². The summed E-state index contributed by atoms with van der Waals surface area (Å²) in [6, 6.07) is 11.8. The molecule has 0 atom stereocenters. The first-order valence-corrected chi connectivity index (χ1v) is 13.2. The van der Waals surface area contributed by atoms with Crippen LogP contribution in [0.3, 0.4) is 0 Å². The van der Waals surface area contributed by atoms with Gasteiger partial charge in [0.05, 0.1) is 42.7 Å². The summed E-state index contributed by atoms with van der Waals surface area (Å²) in [7, 11) is 0. The number of aromatic amines is 1. The number of carbonyl (C=O) groups is 1. The van der Waals surface area contributed by atoms with Gasteiger partial charge in [0.25, 0.3) is 11.5 Å². The molecule has 204 valence electrons. The van der Waals surface area contributed by atoms with E-state index >= 15 is 0 Å². The minimum atomic E-state index is -0.347. The van der Waals surface area contributed by atoms with Gasteiger partial charge in [-0.3, -0.25) is 14.5 Å². The van der Waals surface area contributed by atoms with Crippen molar-refractivity contribution in [2.45, 2.75) is 46.5 Å². The average Bonchev–Trinajstić information content (AvgIpc) is 3.37. The normalized spacial score (nSPS) is 14.3. The number of aliphatic hydroxyl groups is 1. The van der Waals surface area contributed by atoms with Gasteiger partial charge in [0.15, 0.2) is 5.65 Å². The first-order chi connectivity index (χ1) is 18.8. The number of nitrogens with one attached hydrogen (secondary N) is 2. The maximum atomic E-state index is 13.5. The fourth-order valence-electron chi connectivity index (χ4n) is 4.91. The van der Waals surface area contributed by atoms with E-state index in [1.807, 2.05) is 26.0 Å². The van der Waals surface area contributed by atoms with Gasteiger partial charge in [-0.05, 0) is 44.0 Å². The van der Waals surface area contributed by atoms with Gasteiger partial charge < -0.3 is 20.1 Å². The fourth-order valence-corrected chi connectivity index (χ4v) is 4.91. The molecule has 1 aliphatic rings. The number of ether oxygens (including phenoxy) is 1. The second-order valence-corrected chi connectivity index (χ2v) is 10.2. The van der Waals surface area contributed by atoms with Crippen LogP contribution >= 0.6 is 0 Å². The molecule has 0 unspecified atom stereocenters. The van der Waals surface area contributed by atoms with Crippen LogP contribution in [0.1, 0.15) is 52.6 Å². The molecule has 3 N–H and O–H groups in total. The van der Waals surface area contributed by atoms with Crippen molar-refractivity contribution >= 4 is 16.9 Å². The van der Waals surface area contributed by atoms with E-state index in [0.717, 1.165) is 38.4 Å². The number of aliphatic hydroxyl groups excluding tert-OH is 1. The molecule has 1 aliphatic heterocycles. The molecule has 0 bridgehead atoms. The van der Waals surface area contributed by atoms with Gasteiger partial charge in [-0.2, -0.15) is 5.10 Å². The summed E-state index contributed by atoms with van der Waals surface area (Å²) < 4.78 is 7.25. The van der Waals surface area contributed by atoms with E-state index in [2.05, 4.69) is 32.4 Å². The number of aromatic nitrogens is 4. The molecule has 4 aromatic rings. The Morgan fingerprint density at radius 3 is 2.62 bits per heavy atom. The number of rotatable bonds is 8. The lowest BCUT2D eigenvalue weighted by molar-refractivity contribution is 0.0342. The Morgan fingerprint density at radius 2 is 1.92 bits per heavy atom. The summed E-state index contributed by atoms with van der Waals surface area (Å²) in [5.41, 5.74) is 4.94. The van der Waals surface area contributed by atoms with E-state index < -0.39 is 0 Å². The number of aryl methyl sites for hydroxylation is 1. The van der Waals surface area contributed by atoms with Gasteiger partial charge in [0, 0.05) is 49.0 Å². The van der Waals surface area contributed by atoms with Crippen molar-refractivity contribution in [3.63, 3.8) is 0 Å². The van der Waals surface area contributed by atoms with Crippen LogP contribution in [0, 0.1) is 6.92 Å². The van der Waals surface area contributed by atoms with Crippen molar-refractivity contribution in [2.24, 2.45) is 0 Å². The molecular weight excluding hydrogens is 496 g/mol. The lowest BCUT2D eigenvalue weighted by Gasteiger charge is -2.26. The Bertz CT molecular complexity index is 1530. The number of hydrogen-bond donors (Lipinski definition) is 3. The van der Waals surface area contributed by atoms with Crippen molar-refractivity contribution in [3.8, 4) is 11.3 Å². The van der Waals surface area contributed by atoms with Crippen LogP contribution < -0.4 is 10.9 Å². The number of amides is 1. The van der Waals surface area contributed by atoms with E-state index in [1.54, 1.807) is 29.9 Å². The van der Waals surface area contributed by atoms with Crippen molar-refractivity contribution in [1.29, 1.82) is 0 Å². The predicted molar refractivity (Wildman–Crippen MR) is 148 cm³/mol. The zero-order chi connectivity index (χ0) is 27.5. The standard InChI is InChI=1S/C29H34N6O4/c1-18(2)35-27-25(15-31-35)23(28(37)30-14-24-22(17-36)12-19(3)32-29(24)38)13-26(33-27)21-6-4-20(5-7-21)16-34-8-10-39-11-9-34/h4-7,12-13,15,18,36H,8-11,14,16-17H2,1-3H3,(H,30,37)(H,32,38). The average molecular weight is 531 g/mol. The van der Waals surface area contributed by atoms with Crippen LogP contribution in [0.2, 0.25) is 0 Å². The van der Waals surface area contributed by atoms with Crippen molar-refractivity contribution in [2.75, 3.05) is 26.3 Å². The van der Waals surface area contributed by atoms with E-state index in [9.17, 15) is 14.7 Å². The quantitative estimate of drug-likeness (QED) is 0.320. The monoisotopic (exact) mass is 530 g/mol. The molecule has 39 heavy (non-hydrogen) atoms. The Balaban J connectivity index is 1.45. The van der Waals surface area contributed by atoms with Crippen LogP contribution in [0.4, 0.5) is 0 Å². The minimum Gasteiger partial charge on any atom is -0.392 e. The van der Waals surface area contributed by atoms with E-state index in [0.29, 0.717) is 39.1 Å². The maximum absolute atomic E-state index is 13.5. The molecular formula is C29H34N6O4. The van der Waals surface area contributed by atoms with Gasteiger partial charge in [0.2, 0.25) is 0 Å². The summed E-state index contributed by atoms with van der Waals surface area (Å²) >= 11 is 0. The first kappa shape index (κ1) is 26.7. The highest BCUT2D eigenvalue weighted by Crippen LogP contribution is 2.27. The Labute approximate surface area is 226 Å². The number of carbonyl (C=O) groups excluding carboxylic acids is 1. The minimum absolute atomic E-state index is 0.0158. The number of pyridine rings is 2. The SMILES string of the molecule is Cc1cc(CO)c(CNC(=O)c2cc(-c3ccc(CN4CCOCC4)cc3)nc3c2cnn3C(C)C)c(=O)[nH]1. The third-order valence-corrected chi connectivity index (χ3v) is 7.02. The molecule has 1 fully saturated rings. The summed E-state index contributed by atoms with van der Waals surface area (Å²) in [6.45, 7) is 9.70. The molecule has 1 amide bonds. The van der Waals surface area contributed by atoms with Crippen LogP contribution in [0.15, 0.2) is 47.4 Å². The third kappa shape index (κ3) is 5.78. The van der Waals surface area contributed by atoms with Crippen LogP contribution in [0.5, 0.6) is 0 Å². The van der Waals surface area contributed by atoms with Gasteiger partial charge in [-0.15, -0.1) is 0 Å². The topological polar surface area (TPSA) is 125 Å². The van der Waals surface area contributed by atoms with Crippen molar-refractivity contribution < 1.29 is 14.6 Å². The highest BCUT2D eigenvalue weighted by atomic mass is 16.5. The molecule has 10 heteroatoms. The second-order valence-electron chi connectivity index (χ2n) is 10.2. The molecule has 3 aromatic heterocycles. The summed E-state index contributed by atoms with van der Waals surface area (Å²) in [4.78, 5) is 36.0. The maximum Gasteiger partial charge on any atom is 0.253 e. The predicted octanol–water partition coefficient (Wildman–Crippen LogP) is 2.93. The van der Waals surface area contributed by atoms with Crippen molar-refractivity contribution in [3.05, 3.63) is 80.9 Å². The molecule has 1 saturated heterocycles. The summed E-state index contributed by atoms with van der Waals surface area (Å²) in [5, 5.41) is 17.7. The number of nitrogens with zero attached hydrogens (tertiary/aromatic N) is 4. The van der Waals surface area contributed by atoms with Crippen molar-refractivity contribution in [1.82, 2.24) is 30.0 Å². The largest absolute Gasteiger partial charge is 0.392 e. The number of benzene rings is 1. The molecule has 0 spiro atoms. The Morgan fingerprint density at radius 1 is 1.18 bits per heavy atom. The van der Waals surface area contributed by atoms with Gasteiger partial charge in [-0.1, -0.05) is 24.3 Å². The number of morpholine rings is 1. The smallest absolute Gasteiger partial charge is 0.253 e. The van der Waals surface area contributed by atoms with Gasteiger partial charge in [0.1, 0.15) is 0 Å². The highest BCUT2D eigenvalue weighted by Gasteiger charge is 2.20. The zero-order valence-electron chi connectivity index (χ0n) is 22.5. The van der Waals surface area contributed by atoms with Gasteiger partial charge >= 0.3 is 0 Å². The summed E-state index contributed by atoms with van der Waals surface area (Å²) in [5.74, 6) is -0.347. The first-order valence-electron chi connectivity index (χ1n) is 13.2. The fraction of sp³-hybridized carbons (Fsp3) is 0.379. The molecule has 0 aliphatic carbocycles. The lowest BCUT2D eigenvalue weighted by Crippen LogP contribution is -2.35. The van der Waals surface area contributed by atoms with Crippen LogP contribution in [0.25, 0.3) is 22.3 Å². The Kier molecular flexibility index (Phi) is 7.87. The van der Waals surface area contributed by atoms with E-state index in [4.69, 9.17) is 9.72 Å². The number of fused-ring (bicyclic) bond motifs is 1. The van der Waals surface area contributed by atoms with E-state index in [1.165, 1.54) is 5.56 Å². The molecule has 5 rings (SSSR count). The molecule has 1 aromatic carbocycles. The third-order valence-electron chi connectivity index (χ3n) is 7.02. The number of hydrogen-bond acceptors (Lipinski definition) is 7. The highest BCUT2D eigenvalue weighted by molar-refractivity contribution is 6.06. The molecule has 0 radical (unpaired) electrons. The zero-order valence-corrected chi connectivity index (χ0v) is 22.5. The molecule has 0 saturated carbocycles.